The van der Waals surface area contributed by atoms with Gasteiger partial charge in [-0.25, -0.2) is 0 Å². The molecule has 0 spiro atoms. The van der Waals surface area contributed by atoms with E-state index in [4.69, 9.17) is 11.6 Å². The first-order valence-electron chi connectivity index (χ1n) is 6.19. The van der Waals surface area contributed by atoms with Crippen LogP contribution in [0.4, 0.5) is 5.69 Å². The van der Waals surface area contributed by atoms with E-state index < -0.39 is 10.2 Å². The van der Waals surface area contributed by atoms with Crippen LogP contribution in [0.1, 0.15) is 11.1 Å². The molecule has 0 unspecified atom stereocenters. The molecule has 1 aliphatic rings. The predicted molar refractivity (Wildman–Crippen MR) is 86.0 cm³/mol. The molecular formula is C15H11ClN2O2S. The van der Waals surface area contributed by atoms with Crippen LogP contribution in [0, 0.1) is 0 Å². The van der Waals surface area contributed by atoms with Gasteiger partial charge in [0.1, 0.15) is 0 Å². The lowest BCUT2D eigenvalue weighted by Gasteiger charge is -2.15. The average Bonchev–Trinajstić information content (AvgIpc) is 2.45. The Hall–Kier alpha value is -2.11. The highest BCUT2D eigenvalue weighted by Gasteiger charge is 2.20. The van der Waals surface area contributed by atoms with Gasteiger partial charge in [0.15, 0.2) is 0 Å². The fraction of sp³-hybridized carbons (Fsp3) is 0. The van der Waals surface area contributed by atoms with Crippen molar-refractivity contribution in [3.8, 4) is 0 Å². The summed E-state index contributed by atoms with van der Waals surface area (Å²) in [5.41, 5.74) is 2.59. The molecule has 0 amide bonds. The summed E-state index contributed by atoms with van der Waals surface area (Å²) < 4.78 is 29.6. The van der Waals surface area contributed by atoms with Crippen molar-refractivity contribution in [2.45, 2.75) is 0 Å². The molecule has 0 saturated heterocycles. The average molecular weight is 319 g/mol. The van der Waals surface area contributed by atoms with E-state index in [0.29, 0.717) is 16.4 Å². The van der Waals surface area contributed by atoms with E-state index in [-0.39, 0.29) is 0 Å². The van der Waals surface area contributed by atoms with Crippen LogP contribution < -0.4 is 4.72 Å². The Labute approximate surface area is 128 Å². The van der Waals surface area contributed by atoms with Gasteiger partial charge in [-0.1, -0.05) is 48.0 Å². The topological polar surface area (TPSA) is 58.5 Å². The molecule has 0 aromatic heterocycles. The summed E-state index contributed by atoms with van der Waals surface area (Å²) in [5, 5.41) is 0.652. The standard InChI is InChI=1S/C15H11ClN2O2S/c16-12-8-5-11(6-9-12)7-10-15-13-3-1-2-4-14(13)17-21(19,20)18-15/h1-10,17H/b10-7+. The van der Waals surface area contributed by atoms with Gasteiger partial charge >= 0.3 is 10.2 Å². The number of benzene rings is 2. The van der Waals surface area contributed by atoms with Crippen molar-refractivity contribution in [3.05, 3.63) is 70.8 Å². The number of fused-ring (bicyclic) bond motifs is 1. The van der Waals surface area contributed by atoms with E-state index >= 15 is 0 Å². The molecule has 2 aromatic carbocycles. The number of para-hydroxylation sites is 1. The monoisotopic (exact) mass is 318 g/mol. The summed E-state index contributed by atoms with van der Waals surface area (Å²) in [6, 6.07) is 14.4. The molecule has 2 aromatic rings. The number of nitrogens with one attached hydrogen (secondary N) is 1. The first kappa shape index (κ1) is 13.9. The molecule has 3 rings (SSSR count). The Morgan fingerprint density at radius 2 is 1.71 bits per heavy atom. The van der Waals surface area contributed by atoms with Gasteiger partial charge in [-0.15, -0.1) is 4.40 Å². The Kier molecular flexibility index (Phi) is 3.53. The number of rotatable bonds is 2. The molecule has 1 heterocycles. The highest BCUT2D eigenvalue weighted by atomic mass is 35.5. The minimum Gasteiger partial charge on any atom is -0.264 e. The maximum atomic E-state index is 11.7. The number of hydrogen-bond acceptors (Lipinski definition) is 2. The van der Waals surface area contributed by atoms with Crippen LogP contribution in [0.5, 0.6) is 0 Å². The summed E-state index contributed by atoms with van der Waals surface area (Å²) in [5.74, 6) is 0. The predicted octanol–water partition coefficient (Wildman–Crippen LogP) is 3.51. The van der Waals surface area contributed by atoms with Crippen molar-refractivity contribution in [2.75, 3.05) is 4.72 Å². The van der Waals surface area contributed by atoms with Crippen LogP contribution >= 0.6 is 11.6 Å². The van der Waals surface area contributed by atoms with Gasteiger partial charge in [-0.05, 0) is 29.8 Å². The van der Waals surface area contributed by atoms with Crippen molar-refractivity contribution in [2.24, 2.45) is 4.40 Å². The Balaban J connectivity index is 2.00. The van der Waals surface area contributed by atoms with E-state index in [0.717, 1.165) is 11.1 Å². The van der Waals surface area contributed by atoms with Crippen LogP contribution in [0.15, 0.2) is 59.0 Å². The van der Waals surface area contributed by atoms with Crippen LogP contribution in [-0.4, -0.2) is 14.1 Å². The van der Waals surface area contributed by atoms with Crippen molar-refractivity contribution >= 4 is 39.3 Å². The molecule has 0 atom stereocenters. The maximum absolute atomic E-state index is 11.7. The van der Waals surface area contributed by atoms with Crippen molar-refractivity contribution < 1.29 is 8.42 Å². The van der Waals surface area contributed by atoms with E-state index in [1.165, 1.54) is 0 Å². The second-order valence-corrected chi connectivity index (χ2v) is 6.26. The first-order chi connectivity index (χ1) is 10.0. The van der Waals surface area contributed by atoms with Gasteiger partial charge in [-0.2, -0.15) is 8.42 Å². The Morgan fingerprint density at radius 1 is 1.00 bits per heavy atom. The van der Waals surface area contributed by atoms with Crippen LogP contribution in [0.25, 0.3) is 6.08 Å². The lowest BCUT2D eigenvalue weighted by molar-refractivity contribution is 0.603. The lowest BCUT2D eigenvalue weighted by Crippen LogP contribution is -2.19. The Bertz CT molecular complexity index is 840. The van der Waals surface area contributed by atoms with Gasteiger partial charge in [0.05, 0.1) is 11.4 Å². The van der Waals surface area contributed by atoms with Gasteiger partial charge in [-0.3, -0.25) is 4.72 Å². The quantitative estimate of drug-likeness (QED) is 0.921. The summed E-state index contributed by atoms with van der Waals surface area (Å²) in [4.78, 5) is 0. The smallest absolute Gasteiger partial charge is 0.264 e. The van der Waals surface area contributed by atoms with E-state index in [1.54, 1.807) is 36.4 Å². The Morgan fingerprint density at radius 3 is 2.48 bits per heavy atom. The third-order valence-corrected chi connectivity index (χ3v) is 4.13. The zero-order valence-electron chi connectivity index (χ0n) is 10.8. The van der Waals surface area contributed by atoms with Crippen LogP contribution in [0.2, 0.25) is 5.02 Å². The molecule has 0 radical (unpaired) electrons. The van der Waals surface area contributed by atoms with E-state index in [2.05, 4.69) is 9.12 Å². The molecule has 106 valence electrons. The summed E-state index contributed by atoms with van der Waals surface area (Å²) in [6.45, 7) is 0. The number of anilines is 1. The second kappa shape index (κ2) is 5.35. The third-order valence-electron chi connectivity index (χ3n) is 2.96. The lowest BCUT2D eigenvalue weighted by atomic mass is 10.1. The normalized spacial score (nSPS) is 16.1. The molecule has 21 heavy (non-hydrogen) atoms. The second-order valence-electron chi connectivity index (χ2n) is 4.48. The van der Waals surface area contributed by atoms with Crippen molar-refractivity contribution in [1.82, 2.24) is 0 Å². The summed E-state index contributed by atoms with van der Waals surface area (Å²) in [6.07, 6.45) is 3.48. The van der Waals surface area contributed by atoms with Crippen molar-refractivity contribution in [1.29, 1.82) is 0 Å². The zero-order valence-corrected chi connectivity index (χ0v) is 12.4. The van der Waals surface area contributed by atoms with Gasteiger partial charge in [0.25, 0.3) is 0 Å². The molecule has 0 saturated carbocycles. The molecule has 1 N–H and O–H groups in total. The fourth-order valence-corrected chi connectivity index (χ4v) is 3.05. The highest BCUT2D eigenvalue weighted by Crippen LogP contribution is 2.24. The van der Waals surface area contributed by atoms with Crippen LogP contribution in [0.3, 0.4) is 0 Å². The third kappa shape index (κ3) is 3.15. The molecule has 0 bridgehead atoms. The van der Waals surface area contributed by atoms with Gasteiger partial charge < -0.3 is 0 Å². The number of allylic oxidation sites excluding steroid dienone is 1. The molecule has 6 heteroatoms. The first-order valence-corrected chi connectivity index (χ1v) is 8.01. The molecular weight excluding hydrogens is 308 g/mol. The summed E-state index contributed by atoms with van der Waals surface area (Å²) in [7, 11) is -3.69. The SMILES string of the molecule is O=S1(=O)N=C(/C=C/c2ccc(Cl)cc2)c2ccccc2N1. The largest absolute Gasteiger partial charge is 0.342 e. The van der Waals surface area contributed by atoms with E-state index in [9.17, 15) is 8.42 Å². The number of hydrogen-bond donors (Lipinski definition) is 1. The maximum Gasteiger partial charge on any atom is 0.342 e. The van der Waals surface area contributed by atoms with Crippen LogP contribution in [-0.2, 0) is 10.2 Å². The van der Waals surface area contributed by atoms with E-state index in [1.807, 2.05) is 24.3 Å². The van der Waals surface area contributed by atoms with Gasteiger partial charge in [0, 0.05) is 10.6 Å². The summed E-state index contributed by atoms with van der Waals surface area (Å²) >= 11 is 5.83. The van der Waals surface area contributed by atoms with Gasteiger partial charge in [0.2, 0.25) is 0 Å². The molecule has 1 aliphatic heterocycles. The molecule has 0 fully saturated rings. The molecule has 4 nitrogen and oxygen atoms in total. The minimum atomic E-state index is -3.69. The number of nitrogens with zero attached hydrogens (tertiary/aromatic N) is 1. The number of halogens is 1. The zero-order chi connectivity index (χ0) is 14.9. The molecule has 0 aliphatic carbocycles. The van der Waals surface area contributed by atoms with Crippen molar-refractivity contribution in [3.63, 3.8) is 0 Å². The fourth-order valence-electron chi connectivity index (χ4n) is 2.01. The highest BCUT2D eigenvalue weighted by molar-refractivity contribution is 7.91. The minimum absolute atomic E-state index is 0.402.